The lowest BCUT2D eigenvalue weighted by molar-refractivity contribution is -0.137. The molecule has 0 aliphatic carbocycles. The zero-order valence-corrected chi connectivity index (χ0v) is 14.9. The number of benzene rings is 2. The van der Waals surface area contributed by atoms with Gasteiger partial charge in [0.2, 0.25) is 0 Å². The molecule has 29 heavy (non-hydrogen) atoms. The fourth-order valence-corrected chi connectivity index (χ4v) is 2.53. The van der Waals surface area contributed by atoms with Gasteiger partial charge in [0.15, 0.2) is 6.61 Å². The topological polar surface area (TPSA) is 72.4 Å². The summed E-state index contributed by atoms with van der Waals surface area (Å²) >= 11 is 0. The molecule has 0 spiro atoms. The van der Waals surface area contributed by atoms with Crippen LogP contribution in [0.5, 0.6) is 5.75 Å². The minimum atomic E-state index is -4.51. The molecule has 2 aromatic carbocycles. The van der Waals surface area contributed by atoms with Gasteiger partial charge in [-0.15, -0.1) is 0 Å². The van der Waals surface area contributed by atoms with E-state index >= 15 is 0 Å². The van der Waals surface area contributed by atoms with Crippen molar-refractivity contribution in [2.45, 2.75) is 6.18 Å². The summed E-state index contributed by atoms with van der Waals surface area (Å²) < 4.78 is 44.9. The number of halogens is 3. The Labute approximate surface area is 163 Å². The highest BCUT2D eigenvalue weighted by Gasteiger charge is 2.30. The van der Waals surface area contributed by atoms with E-state index in [9.17, 15) is 22.8 Å². The van der Waals surface area contributed by atoms with Crippen LogP contribution >= 0.6 is 0 Å². The second-order valence-corrected chi connectivity index (χ2v) is 5.92. The van der Waals surface area contributed by atoms with E-state index in [0.29, 0.717) is 11.3 Å². The highest BCUT2D eigenvalue weighted by atomic mass is 19.4. The highest BCUT2D eigenvalue weighted by molar-refractivity contribution is 5.98. The van der Waals surface area contributed by atoms with Gasteiger partial charge in [0.1, 0.15) is 5.75 Å². The van der Waals surface area contributed by atoms with E-state index in [1.165, 1.54) is 12.1 Å². The van der Waals surface area contributed by atoms with Crippen molar-refractivity contribution in [1.29, 1.82) is 0 Å². The molecule has 2 amide bonds. The van der Waals surface area contributed by atoms with Crippen LogP contribution < -0.4 is 15.6 Å². The molecule has 0 saturated heterocycles. The fraction of sp³-hybridized carbons (Fsp3) is 0.100. The Morgan fingerprint density at radius 1 is 0.931 bits per heavy atom. The molecule has 0 fully saturated rings. The number of carbonyl (C=O) groups is 2. The summed E-state index contributed by atoms with van der Waals surface area (Å²) in [5.74, 6) is -1.39. The van der Waals surface area contributed by atoms with E-state index < -0.39 is 30.2 Å². The first-order valence-corrected chi connectivity index (χ1v) is 8.46. The van der Waals surface area contributed by atoms with Gasteiger partial charge in [-0.3, -0.25) is 20.4 Å². The summed E-state index contributed by atoms with van der Waals surface area (Å²) in [7, 11) is 0. The average Bonchev–Trinajstić information content (AvgIpc) is 3.25. The number of aromatic nitrogens is 1. The minimum absolute atomic E-state index is 0.112. The van der Waals surface area contributed by atoms with Crippen LogP contribution in [0.25, 0.3) is 5.69 Å². The van der Waals surface area contributed by atoms with Crippen molar-refractivity contribution >= 4 is 11.8 Å². The van der Waals surface area contributed by atoms with Crippen LogP contribution in [0, 0.1) is 0 Å². The van der Waals surface area contributed by atoms with Gasteiger partial charge >= 0.3 is 6.18 Å². The number of para-hydroxylation sites is 1. The van der Waals surface area contributed by atoms with E-state index in [1.807, 2.05) is 12.1 Å². The Morgan fingerprint density at radius 2 is 1.66 bits per heavy atom. The molecule has 3 rings (SSSR count). The second-order valence-electron chi connectivity index (χ2n) is 5.92. The number of alkyl halides is 3. The molecule has 1 aromatic heterocycles. The number of hydrazine groups is 1. The molecule has 1 heterocycles. The first kappa shape index (κ1) is 20.0. The lowest BCUT2D eigenvalue weighted by atomic mass is 10.1. The Morgan fingerprint density at radius 3 is 2.38 bits per heavy atom. The third kappa shape index (κ3) is 5.16. The number of ether oxygens (including phenoxy) is 1. The molecular weight excluding hydrogens is 387 g/mol. The van der Waals surface area contributed by atoms with Crippen LogP contribution in [0.15, 0.2) is 73.1 Å². The largest absolute Gasteiger partial charge is 0.484 e. The van der Waals surface area contributed by atoms with Gasteiger partial charge in [0.25, 0.3) is 11.8 Å². The Hall–Kier alpha value is -3.75. The van der Waals surface area contributed by atoms with Crippen LogP contribution in [-0.4, -0.2) is 23.0 Å². The molecule has 150 valence electrons. The molecule has 6 nitrogen and oxygen atoms in total. The first-order valence-electron chi connectivity index (χ1n) is 8.46. The van der Waals surface area contributed by atoms with Crippen molar-refractivity contribution in [2.24, 2.45) is 0 Å². The summed E-state index contributed by atoms with van der Waals surface area (Å²) in [4.78, 5) is 24.3. The van der Waals surface area contributed by atoms with Gasteiger partial charge in [0.05, 0.1) is 16.8 Å². The Kier molecular flexibility index (Phi) is 5.87. The first-order chi connectivity index (χ1) is 13.8. The summed E-state index contributed by atoms with van der Waals surface area (Å²) in [5.41, 5.74) is 4.49. The van der Waals surface area contributed by atoms with Crippen molar-refractivity contribution in [3.05, 3.63) is 84.2 Å². The van der Waals surface area contributed by atoms with Crippen molar-refractivity contribution in [2.75, 3.05) is 6.61 Å². The zero-order valence-electron chi connectivity index (χ0n) is 14.9. The number of nitrogens with zero attached hydrogens (tertiary/aromatic N) is 1. The maximum atomic E-state index is 12.7. The van der Waals surface area contributed by atoms with Crippen LogP contribution in [0.4, 0.5) is 13.2 Å². The fourth-order valence-electron chi connectivity index (χ4n) is 2.53. The average molecular weight is 403 g/mol. The van der Waals surface area contributed by atoms with Crippen LogP contribution in [0.2, 0.25) is 0 Å². The quantitative estimate of drug-likeness (QED) is 0.642. The minimum Gasteiger partial charge on any atom is -0.484 e. The molecule has 0 aliphatic heterocycles. The highest BCUT2D eigenvalue weighted by Crippen LogP contribution is 2.31. The molecule has 0 bridgehead atoms. The standard InChI is InChI=1S/C20H16F3N3O3/c21-20(22,23)14-6-5-7-15(12-14)29-13-18(27)24-25-19(28)16-8-1-2-9-17(16)26-10-3-4-11-26/h1-12H,13H2,(H,24,27)(H,25,28). The maximum Gasteiger partial charge on any atom is 0.416 e. The van der Waals surface area contributed by atoms with Crippen molar-refractivity contribution < 1.29 is 27.5 Å². The summed E-state index contributed by atoms with van der Waals surface area (Å²) in [6, 6.07) is 14.6. The molecule has 0 radical (unpaired) electrons. The molecule has 0 unspecified atom stereocenters. The van der Waals surface area contributed by atoms with Crippen molar-refractivity contribution in [3.8, 4) is 11.4 Å². The van der Waals surface area contributed by atoms with Crippen molar-refractivity contribution in [1.82, 2.24) is 15.4 Å². The number of hydrogen-bond acceptors (Lipinski definition) is 3. The van der Waals surface area contributed by atoms with E-state index in [1.54, 1.807) is 41.2 Å². The summed E-state index contributed by atoms with van der Waals surface area (Å²) in [6.45, 7) is -0.569. The monoisotopic (exact) mass is 403 g/mol. The number of nitrogens with one attached hydrogen (secondary N) is 2. The predicted octanol–water partition coefficient (Wildman–Crippen LogP) is 3.34. The van der Waals surface area contributed by atoms with E-state index in [2.05, 4.69) is 10.9 Å². The number of rotatable bonds is 5. The summed E-state index contributed by atoms with van der Waals surface area (Å²) in [5, 5.41) is 0. The normalized spacial score (nSPS) is 11.0. The maximum absolute atomic E-state index is 12.7. The van der Waals surface area contributed by atoms with E-state index in [0.717, 1.165) is 12.1 Å². The molecule has 0 saturated carbocycles. The van der Waals surface area contributed by atoms with Crippen LogP contribution in [-0.2, 0) is 11.0 Å². The SMILES string of the molecule is O=C(COc1cccc(C(F)(F)F)c1)NNC(=O)c1ccccc1-n1cccc1. The van der Waals surface area contributed by atoms with Crippen molar-refractivity contribution in [3.63, 3.8) is 0 Å². The van der Waals surface area contributed by atoms with Gasteiger partial charge in [-0.2, -0.15) is 13.2 Å². The Bertz CT molecular complexity index is 1000. The van der Waals surface area contributed by atoms with E-state index in [4.69, 9.17) is 4.74 Å². The van der Waals surface area contributed by atoms with Crippen LogP contribution in [0.3, 0.4) is 0 Å². The number of carbonyl (C=O) groups excluding carboxylic acids is 2. The van der Waals surface area contributed by atoms with Gasteiger partial charge in [-0.1, -0.05) is 18.2 Å². The van der Waals surface area contributed by atoms with E-state index in [-0.39, 0.29) is 5.75 Å². The van der Waals surface area contributed by atoms with Crippen LogP contribution in [0.1, 0.15) is 15.9 Å². The smallest absolute Gasteiger partial charge is 0.416 e. The lowest BCUT2D eigenvalue weighted by Crippen LogP contribution is -2.44. The molecule has 3 aromatic rings. The lowest BCUT2D eigenvalue weighted by Gasteiger charge is -2.13. The van der Waals surface area contributed by atoms with Gasteiger partial charge in [-0.25, -0.2) is 0 Å². The zero-order chi connectivity index (χ0) is 20.9. The number of amides is 2. The third-order valence-electron chi connectivity index (χ3n) is 3.88. The Balaban J connectivity index is 1.56. The predicted molar refractivity (Wildman–Crippen MR) is 98.3 cm³/mol. The van der Waals surface area contributed by atoms with Gasteiger partial charge in [-0.05, 0) is 42.5 Å². The van der Waals surface area contributed by atoms with Gasteiger partial charge in [0, 0.05) is 12.4 Å². The molecular formula is C20H16F3N3O3. The summed E-state index contributed by atoms with van der Waals surface area (Å²) in [6.07, 6.45) is -0.968. The van der Waals surface area contributed by atoms with Gasteiger partial charge < -0.3 is 9.30 Å². The molecule has 0 aliphatic rings. The second kappa shape index (κ2) is 8.51. The number of hydrogen-bond donors (Lipinski definition) is 2. The molecule has 9 heteroatoms. The third-order valence-corrected chi connectivity index (χ3v) is 3.88. The molecule has 2 N–H and O–H groups in total. The molecule has 0 atom stereocenters.